The molecule has 0 saturated heterocycles. The van der Waals surface area contributed by atoms with Gasteiger partial charge >= 0.3 is 0 Å². The van der Waals surface area contributed by atoms with E-state index in [1.54, 1.807) is 12.4 Å². The summed E-state index contributed by atoms with van der Waals surface area (Å²) < 4.78 is 0. The molecule has 0 unspecified atom stereocenters. The molecule has 0 amide bonds. The van der Waals surface area contributed by atoms with Gasteiger partial charge in [-0.1, -0.05) is 36.4 Å². The molecule has 2 nitrogen and oxygen atoms in total. The molecule has 0 N–H and O–H groups in total. The molecular weight excluding hydrogens is 323 g/mol. The van der Waals surface area contributed by atoms with Gasteiger partial charge in [0.2, 0.25) is 0 Å². The minimum Gasteiger partial charge on any atom is -0.159 e. The maximum atomic E-state index is 3.63. The summed E-state index contributed by atoms with van der Waals surface area (Å²) in [5.41, 5.74) is 1.15. The average Bonchev–Trinajstić information content (AvgIpc) is 2.50. The van der Waals surface area contributed by atoms with Gasteiger partial charge in [-0.25, -0.2) is 0 Å². The molecule has 100 valence electrons. The lowest BCUT2D eigenvalue weighted by atomic mass is 10.4. The Morgan fingerprint density at radius 2 is 1.24 bits per heavy atom. The summed E-state index contributed by atoms with van der Waals surface area (Å²) in [6.07, 6.45) is 3.40. The first-order chi connectivity index (χ1) is 8.39. The van der Waals surface area contributed by atoms with Crippen LogP contribution in [0.5, 0.6) is 0 Å². The summed E-state index contributed by atoms with van der Waals surface area (Å²) >= 11 is 2.15. The Morgan fingerprint density at radius 3 is 1.35 bits per heavy atom. The summed E-state index contributed by atoms with van der Waals surface area (Å²) in [6, 6.07) is 1.91. The third-order valence-corrected chi connectivity index (χ3v) is 0.732. The molecular formula is C14H27IN2. The van der Waals surface area contributed by atoms with Crippen LogP contribution < -0.4 is 0 Å². The van der Waals surface area contributed by atoms with E-state index in [1.165, 1.54) is 0 Å². The highest BCUT2D eigenvalue weighted by atomic mass is 127. The summed E-state index contributed by atoms with van der Waals surface area (Å²) in [7, 11) is 0. The average molecular weight is 350 g/mol. The second-order valence-electron chi connectivity index (χ2n) is 1.42. The van der Waals surface area contributed by atoms with Crippen LogP contribution in [0.3, 0.4) is 0 Å². The van der Waals surface area contributed by atoms with Crippen molar-refractivity contribution in [2.24, 2.45) is 0 Å². The Labute approximate surface area is 122 Å². The maximum absolute atomic E-state index is 3.63. The largest absolute Gasteiger partial charge is 0.159 e. The highest BCUT2D eigenvalue weighted by Gasteiger charge is 1.74. The summed E-state index contributed by atoms with van der Waals surface area (Å²) in [6.45, 7) is 24.0. The summed E-state index contributed by atoms with van der Waals surface area (Å²) in [4.78, 5) is 1.97. The normalized spacial score (nSPS) is 5.00. The Hall–Kier alpha value is -0.970. The quantitative estimate of drug-likeness (QED) is 0.362. The van der Waals surface area contributed by atoms with E-state index in [1.807, 2.05) is 31.8 Å². The van der Waals surface area contributed by atoms with Crippen LogP contribution in [0.2, 0.25) is 0 Å². The highest BCUT2D eigenvalue weighted by molar-refractivity contribution is 14.1. The van der Waals surface area contributed by atoms with Crippen molar-refractivity contribution in [2.45, 2.75) is 20.8 Å². The first kappa shape index (κ1) is 29.8. The molecule has 1 heterocycles. The van der Waals surface area contributed by atoms with Crippen LogP contribution in [0.15, 0.2) is 57.9 Å². The van der Waals surface area contributed by atoms with Crippen LogP contribution in [0.1, 0.15) is 19.4 Å². The van der Waals surface area contributed by atoms with Crippen LogP contribution in [-0.4, -0.2) is 15.1 Å². The van der Waals surface area contributed by atoms with Gasteiger partial charge in [-0.05, 0) is 23.5 Å². The molecule has 0 fully saturated rings. The topological polar surface area (TPSA) is 25.8 Å². The fraction of sp³-hybridized carbons (Fsp3) is 0.286. The molecule has 0 atom stereocenters. The van der Waals surface area contributed by atoms with Crippen molar-refractivity contribution >= 4 is 22.6 Å². The molecule has 3 heteroatoms. The Kier molecular flexibility index (Phi) is 105. The highest BCUT2D eigenvalue weighted by Crippen LogP contribution is 1.85. The van der Waals surface area contributed by atoms with Crippen molar-refractivity contribution in [3.8, 4) is 0 Å². The van der Waals surface area contributed by atoms with Crippen LogP contribution in [-0.2, 0) is 0 Å². The lowest BCUT2D eigenvalue weighted by molar-refractivity contribution is 1.01. The number of aryl methyl sites for hydroxylation is 1. The SMILES string of the molecule is C=C.C=C.C=C.CC.CI.Cc1ccnnc1. The zero-order chi connectivity index (χ0) is 15.1. The van der Waals surface area contributed by atoms with Crippen molar-refractivity contribution in [2.75, 3.05) is 4.93 Å². The van der Waals surface area contributed by atoms with Gasteiger partial charge < -0.3 is 0 Å². The van der Waals surface area contributed by atoms with E-state index in [0.29, 0.717) is 0 Å². The molecule has 1 rings (SSSR count). The maximum Gasteiger partial charge on any atom is 0.0525 e. The fourth-order valence-electron chi connectivity index (χ4n) is 0.357. The van der Waals surface area contributed by atoms with Crippen LogP contribution in [0, 0.1) is 6.92 Å². The monoisotopic (exact) mass is 350 g/mol. The molecule has 0 aliphatic rings. The van der Waals surface area contributed by atoms with Crippen LogP contribution >= 0.6 is 22.6 Å². The van der Waals surface area contributed by atoms with Gasteiger partial charge in [-0.2, -0.15) is 10.2 Å². The van der Waals surface area contributed by atoms with Gasteiger partial charge in [0.15, 0.2) is 0 Å². The number of halogens is 1. The van der Waals surface area contributed by atoms with E-state index in [-0.39, 0.29) is 0 Å². The Morgan fingerprint density at radius 1 is 0.882 bits per heavy atom. The van der Waals surface area contributed by atoms with Crippen molar-refractivity contribution in [1.82, 2.24) is 10.2 Å². The first-order valence-corrected chi connectivity index (χ1v) is 7.16. The van der Waals surface area contributed by atoms with Gasteiger partial charge in [0.1, 0.15) is 0 Å². The van der Waals surface area contributed by atoms with E-state index < -0.39 is 0 Å². The van der Waals surface area contributed by atoms with Gasteiger partial charge in [-0.3, -0.25) is 0 Å². The fourth-order valence-corrected chi connectivity index (χ4v) is 0.357. The number of hydrogen-bond acceptors (Lipinski definition) is 2. The smallest absolute Gasteiger partial charge is 0.0525 e. The molecule has 0 bridgehead atoms. The lowest BCUT2D eigenvalue weighted by Gasteiger charge is -1.80. The predicted octanol–water partition coefficient (Wildman–Crippen LogP) is 5.27. The second-order valence-corrected chi connectivity index (χ2v) is 1.42. The lowest BCUT2D eigenvalue weighted by Crippen LogP contribution is -1.76. The van der Waals surface area contributed by atoms with Crippen molar-refractivity contribution < 1.29 is 0 Å². The molecule has 0 spiro atoms. The predicted molar refractivity (Wildman–Crippen MR) is 91.8 cm³/mol. The van der Waals surface area contributed by atoms with Crippen LogP contribution in [0.4, 0.5) is 0 Å². The van der Waals surface area contributed by atoms with E-state index in [9.17, 15) is 0 Å². The Balaban J connectivity index is -0.0000000413. The molecule has 0 aliphatic heterocycles. The van der Waals surface area contributed by atoms with Gasteiger partial charge in [0.25, 0.3) is 0 Å². The zero-order valence-corrected chi connectivity index (χ0v) is 13.9. The number of nitrogens with zero attached hydrogens (tertiary/aromatic N) is 2. The molecule has 1 aromatic heterocycles. The van der Waals surface area contributed by atoms with Crippen molar-refractivity contribution in [3.05, 3.63) is 63.5 Å². The number of rotatable bonds is 0. The van der Waals surface area contributed by atoms with Gasteiger partial charge in [0, 0.05) is 6.20 Å². The third kappa shape index (κ3) is 51.6. The van der Waals surface area contributed by atoms with E-state index in [2.05, 4.69) is 72.3 Å². The third-order valence-electron chi connectivity index (χ3n) is 0.732. The molecule has 0 radical (unpaired) electrons. The van der Waals surface area contributed by atoms with Crippen LogP contribution in [0.25, 0.3) is 0 Å². The minimum atomic E-state index is 1.15. The Bertz CT molecular complexity index is 174. The van der Waals surface area contributed by atoms with E-state index in [0.717, 1.165) is 5.56 Å². The van der Waals surface area contributed by atoms with Crippen molar-refractivity contribution in [1.29, 1.82) is 0 Å². The zero-order valence-electron chi connectivity index (χ0n) is 11.7. The molecule has 1 aromatic rings. The van der Waals surface area contributed by atoms with Gasteiger partial charge in [0.05, 0.1) is 6.20 Å². The van der Waals surface area contributed by atoms with E-state index >= 15 is 0 Å². The first-order valence-electron chi connectivity index (χ1n) is 5.01. The van der Waals surface area contributed by atoms with Gasteiger partial charge in [-0.15, -0.1) is 39.5 Å². The second kappa shape index (κ2) is 59.9. The van der Waals surface area contributed by atoms with E-state index in [4.69, 9.17) is 0 Å². The molecule has 0 aromatic carbocycles. The number of alkyl halides is 1. The summed E-state index contributed by atoms with van der Waals surface area (Å²) in [5, 5.41) is 7.23. The number of aromatic nitrogens is 2. The molecule has 0 saturated carbocycles. The summed E-state index contributed by atoms with van der Waals surface area (Å²) in [5.74, 6) is 0. The number of hydrogen-bond donors (Lipinski definition) is 0. The molecule has 0 aliphatic carbocycles. The van der Waals surface area contributed by atoms with Crippen molar-refractivity contribution in [3.63, 3.8) is 0 Å². The standard InChI is InChI=1S/C5H6N2.C2H6.3C2H4.CH3I/c1-5-2-3-6-7-4-5;5*1-2/h2-4H,1H3;1-2H3;3*1-2H2;1H3. The minimum absolute atomic E-state index is 1.15. The molecule has 17 heavy (non-hydrogen) atoms.